The molecule has 1 aliphatic rings. The fourth-order valence-corrected chi connectivity index (χ4v) is 2.80. The molecule has 0 amide bonds. The van der Waals surface area contributed by atoms with Gasteiger partial charge in [0.1, 0.15) is 5.82 Å². The van der Waals surface area contributed by atoms with E-state index in [2.05, 4.69) is 35.8 Å². The van der Waals surface area contributed by atoms with Crippen molar-refractivity contribution in [1.29, 1.82) is 0 Å². The Hall–Kier alpha value is -0.830. The molecular formula is C15H27N3. The van der Waals surface area contributed by atoms with E-state index in [9.17, 15) is 0 Å². The van der Waals surface area contributed by atoms with Gasteiger partial charge in [-0.2, -0.15) is 0 Å². The predicted octanol–water partition coefficient (Wildman–Crippen LogP) is 2.62. The van der Waals surface area contributed by atoms with Crippen LogP contribution in [0.5, 0.6) is 0 Å². The summed E-state index contributed by atoms with van der Waals surface area (Å²) in [5, 5.41) is 3.60. The molecule has 1 heterocycles. The number of aryl methyl sites for hydroxylation is 2. The number of nitrogens with zero attached hydrogens (tertiary/aromatic N) is 2. The van der Waals surface area contributed by atoms with E-state index in [4.69, 9.17) is 0 Å². The molecular weight excluding hydrogens is 222 g/mol. The molecule has 1 N–H and O–H groups in total. The second-order valence-corrected chi connectivity index (χ2v) is 6.14. The summed E-state index contributed by atoms with van der Waals surface area (Å²) in [6, 6.07) is 0. The molecule has 1 aliphatic carbocycles. The maximum absolute atomic E-state index is 4.40. The van der Waals surface area contributed by atoms with Crippen molar-refractivity contribution >= 4 is 0 Å². The van der Waals surface area contributed by atoms with Crippen LogP contribution in [0.25, 0.3) is 0 Å². The van der Waals surface area contributed by atoms with Gasteiger partial charge in [-0.1, -0.05) is 13.8 Å². The highest BCUT2D eigenvalue weighted by Crippen LogP contribution is 2.36. The monoisotopic (exact) mass is 249 g/mol. The number of hydrogen-bond donors (Lipinski definition) is 1. The van der Waals surface area contributed by atoms with Crippen LogP contribution in [-0.4, -0.2) is 22.6 Å². The molecule has 0 bridgehead atoms. The summed E-state index contributed by atoms with van der Waals surface area (Å²) in [6.45, 7) is 6.91. The smallest absolute Gasteiger partial charge is 0.108 e. The van der Waals surface area contributed by atoms with Crippen LogP contribution >= 0.6 is 0 Å². The topological polar surface area (TPSA) is 29.9 Å². The zero-order chi connectivity index (χ0) is 13.0. The molecule has 0 aliphatic heterocycles. The van der Waals surface area contributed by atoms with Crippen LogP contribution in [0.3, 0.4) is 0 Å². The molecule has 0 spiro atoms. The standard InChI is InChI=1S/C15H27N3/c1-12(2)10-16-11-14-5-4-13(14)6-7-15-17-8-9-18(15)3/h8-9,12-14,16H,4-7,10-11H2,1-3H3. The van der Waals surface area contributed by atoms with E-state index in [0.717, 1.165) is 30.7 Å². The quantitative estimate of drug-likeness (QED) is 0.805. The van der Waals surface area contributed by atoms with Crippen LogP contribution < -0.4 is 5.32 Å². The molecule has 1 aromatic rings. The van der Waals surface area contributed by atoms with Gasteiger partial charge in [-0.15, -0.1) is 0 Å². The van der Waals surface area contributed by atoms with Gasteiger partial charge in [-0.25, -0.2) is 4.98 Å². The van der Waals surface area contributed by atoms with Crippen molar-refractivity contribution in [2.75, 3.05) is 13.1 Å². The van der Waals surface area contributed by atoms with Crippen LogP contribution in [0.1, 0.15) is 38.9 Å². The van der Waals surface area contributed by atoms with Gasteiger partial charge in [0, 0.05) is 25.9 Å². The first-order valence-electron chi connectivity index (χ1n) is 7.33. The van der Waals surface area contributed by atoms with Gasteiger partial charge in [-0.05, 0) is 50.1 Å². The zero-order valence-corrected chi connectivity index (χ0v) is 12.0. The first-order valence-corrected chi connectivity index (χ1v) is 7.33. The Bertz CT molecular complexity index is 356. The van der Waals surface area contributed by atoms with Crippen LogP contribution in [0.2, 0.25) is 0 Å². The van der Waals surface area contributed by atoms with Crippen LogP contribution in [0.15, 0.2) is 12.4 Å². The molecule has 0 radical (unpaired) electrons. The summed E-state index contributed by atoms with van der Waals surface area (Å²) in [6.07, 6.45) is 9.21. The van der Waals surface area contributed by atoms with Gasteiger partial charge in [-0.3, -0.25) is 0 Å². The van der Waals surface area contributed by atoms with E-state index in [0.29, 0.717) is 0 Å². The molecule has 1 saturated carbocycles. The molecule has 0 saturated heterocycles. The van der Waals surface area contributed by atoms with Crippen molar-refractivity contribution in [3.05, 3.63) is 18.2 Å². The number of aromatic nitrogens is 2. The summed E-state index contributed by atoms with van der Waals surface area (Å²) >= 11 is 0. The minimum absolute atomic E-state index is 0.760. The summed E-state index contributed by atoms with van der Waals surface area (Å²) < 4.78 is 2.14. The van der Waals surface area contributed by atoms with Gasteiger partial charge < -0.3 is 9.88 Å². The normalized spacial score (nSPS) is 23.3. The number of imidazole rings is 1. The second-order valence-electron chi connectivity index (χ2n) is 6.14. The van der Waals surface area contributed by atoms with E-state index in [1.54, 1.807) is 0 Å². The van der Waals surface area contributed by atoms with Crippen LogP contribution in [0.4, 0.5) is 0 Å². The number of rotatable bonds is 7. The largest absolute Gasteiger partial charge is 0.338 e. The average molecular weight is 249 g/mol. The Morgan fingerprint density at radius 1 is 1.39 bits per heavy atom. The molecule has 18 heavy (non-hydrogen) atoms. The maximum atomic E-state index is 4.40. The molecule has 3 heteroatoms. The lowest BCUT2D eigenvalue weighted by molar-refractivity contribution is 0.158. The summed E-state index contributed by atoms with van der Waals surface area (Å²) in [4.78, 5) is 4.40. The number of nitrogens with one attached hydrogen (secondary N) is 1. The Morgan fingerprint density at radius 2 is 2.17 bits per heavy atom. The lowest BCUT2D eigenvalue weighted by Gasteiger charge is -2.37. The molecule has 2 unspecified atom stereocenters. The third kappa shape index (κ3) is 3.58. The molecule has 102 valence electrons. The number of hydrogen-bond acceptors (Lipinski definition) is 2. The van der Waals surface area contributed by atoms with E-state index in [1.807, 2.05) is 12.4 Å². The third-order valence-electron chi connectivity index (χ3n) is 4.19. The van der Waals surface area contributed by atoms with Gasteiger partial charge in [0.05, 0.1) is 0 Å². The second kappa shape index (κ2) is 6.37. The highest BCUT2D eigenvalue weighted by atomic mass is 15.0. The van der Waals surface area contributed by atoms with Gasteiger partial charge >= 0.3 is 0 Å². The van der Waals surface area contributed by atoms with Gasteiger partial charge in [0.25, 0.3) is 0 Å². The van der Waals surface area contributed by atoms with Gasteiger partial charge in [0.2, 0.25) is 0 Å². The zero-order valence-electron chi connectivity index (χ0n) is 12.0. The predicted molar refractivity (Wildman–Crippen MR) is 75.5 cm³/mol. The molecule has 1 aromatic heterocycles. The SMILES string of the molecule is CC(C)CNCC1CCC1CCc1nccn1C. The van der Waals surface area contributed by atoms with E-state index in [1.165, 1.54) is 31.6 Å². The van der Waals surface area contributed by atoms with Crippen LogP contribution in [-0.2, 0) is 13.5 Å². The third-order valence-corrected chi connectivity index (χ3v) is 4.19. The van der Waals surface area contributed by atoms with Crippen molar-refractivity contribution in [1.82, 2.24) is 14.9 Å². The van der Waals surface area contributed by atoms with E-state index < -0.39 is 0 Å². The molecule has 2 atom stereocenters. The fraction of sp³-hybridized carbons (Fsp3) is 0.800. The Labute approximate surface area is 111 Å². The summed E-state index contributed by atoms with van der Waals surface area (Å²) in [7, 11) is 2.09. The minimum atomic E-state index is 0.760. The minimum Gasteiger partial charge on any atom is -0.338 e. The Morgan fingerprint density at radius 3 is 2.72 bits per heavy atom. The van der Waals surface area contributed by atoms with Crippen molar-refractivity contribution in [3.63, 3.8) is 0 Å². The van der Waals surface area contributed by atoms with Crippen molar-refractivity contribution in [2.24, 2.45) is 24.8 Å². The van der Waals surface area contributed by atoms with Crippen molar-refractivity contribution in [3.8, 4) is 0 Å². The van der Waals surface area contributed by atoms with Crippen molar-refractivity contribution in [2.45, 2.75) is 39.5 Å². The summed E-state index contributed by atoms with van der Waals surface area (Å²) in [5.41, 5.74) is 0. The van der Waals surface area contributed by atoms with E-state index >= 15 is 0 Å². The van der Waals surface area contributed by atoms with E-state index in [-0.39, 0.29) is 0 Å². The fourth-order valence-electron chi connectivity index (χ4n) is 2.80. The maximum Gasteiger partial charge on any atom is 0.108 e. The molecule has 0 aromatic carbocycles. The Balaban J connectivity index is 1.66. The van der Waals surface area contributed by atoms with Crippen molar-refractivity contribution < 1.29 is 0 Å². The van der Waals surface area contributed by atoms with Crippen LogP contribution in [0, 0.1) is 17.8 Å². The molecule has 2 rings (SSSR count). The first-order chi connectivity index (χ1) is 8.66. The molecule has 3 nitrogen and oxygen atoms in total. The summed E-state index contributed by atoms with van der Waals surface area (Å²) in [5.74, 6) is 3.82. The highest BCUT2D eigenvalue weighted by molar-refractivity contribution is 4.93. The Kier molecular flexibility index (Phi) is 4.81. The lowest BCUT2D eigenvalue weighted by Crippen LogP contribution is -2.36. The lowest BCUT2D eigenvalue weighted by atomic mass is 9.71. The molecule has 1 fully saturated rings. The van der Waals surface area contributed by atoms with Gasteiger partial charge in [0.15, 0.2) is 0 Å². The average Bonchev–Trinajstić information content (AvgIpc) is 2.69. The first kappa shape index (κ1) is 13.6. The highest BCUT2D eigenvalue weighted by Gasteiger charge is 2.30.